The van der Waals surface area contributed by atoms with Crippen LogP contribution in [0.25, 0.3) is 0 Å². The predicted octanol–water partition coefficient (Wildman–Crippen LogP) is 2.62. The molecule has 3 rings (SSSR count). The Hall–Kier alpha value is -1.00. The molecule has 25 heavy (non-hydrogen) atoms. The molecule has 1 aliphatic heterocycles. The number of piperidine rings is 1. The number of nitrogens with zero attached hydrogens (tertiary/aromatic N) is 3. The van der Waals surface area contributed by atoms with Crippen LogP contribution < -0.4 is 5.32 Å². The van der Waals surface area contributed by atoms with Gasteiger partial charge in [-0.1, -0.05) is 17.6 Å². The molecule has 2 atom stereocenters. The van der Waals surface area contributed by atoms with Gasteiger partial charge in [0, 0.05) is 19.0 Å². The number of rotatable bonds is 6. The van der Waals surface area contributed by atoms with Gasteiger partial charge in [-0.15, -0.1) is 23.7 Å². The van der Waals surface area contributed by atoms with Crippen molar-refractivity contribution < 1.29 is 12.9 Å². The van der Waals surface area contributed by atoms with E-state index in [-0.39, 0.29) is 24.5 Å². The van der Waals surface area contributed by atoms with Crippen molar-refractivity contribution >= 4 is 33.8 Å². The summed E-state index contributed by atoms with van der Waals surface area (Å²) in [5.41, 5.74) is 0. The van der Waals surface area contributed by atoms with Crippen LogP contribution in [0.15, 0.2) is 26.2 Å². The molecule has 2 unspecified atom stereocenters. The number of likely N-dealkylation sites (N-methyl/N-ethyl adjacent to an activating group) is 1. The normalized spacial score (nSPS) is 20.2. The smallest absolute Gasteiger partial charge is 0.253 e. The number of sulfonamides is 1. The first-order valence-electron chi connectivity index (χ1n) is 8.07. The molecule has 0 bridgehead atoms. The molecule has 0 aromatic carbocycles. The summed E-state index contributed by atoms with van der Waals surface area (Å²) in [5, 5.41) is 8.91. The maximum atomic E-state index is 12.9. The Labute approximate surface area is 158 Å². The van der Waals surface area contributed by atoms with E-state index in [2.05, 4.69) is 15.5 Å². The molecule has 140 valence electrons. The van der Waals surface area contributed by atoms with Gasteiger partial charge in [0.1, 0.15) is 10.3 Å². The van der Waals surface area contributed by atoms with E-state index >= 15 is 0 Å². The standard InChI is InChI=1S/C15H22N4O3S2.ClH/c1-11(16-2)10-13-17-15(22-18-13)12-6-3-4-8-19(12)24(20,21)14-7-5-9-23-14;/h5,7,9,11-12,16H,3-4,6,8,10H2,1-2H3;1H. The van der Waals surface area contributed by atoms with Crippen molar-refractivity contribution in [3.63, 3.8) is 0 Å². The molecular weight excluding hydrogens is 384 g/mol. The van der Waals surface area contributed by atoms with Crippen molar-refractivity contribution in [3.05, 3.63) is 29.2 Å². The Morgan fingerprint density at radius 1 is 1.48 bits per heavy atom. The van der Waals surface area contributed by atoms with E-state index in [1.54, 1.807) is 17.5 Å². The zero-order valence-corrected chi connectivity index (χ0v) is 16.7. The third kappa shape index (κ3) is 4.40. The lowest BCUT2D eigenvalue weighted by Crippen LogP contribution is -2.38. The van der Waals surface area contributed by atoms with E-state index in [9.17, 15) is 8.42 Å². The highest BCUT2D eigenvalue weighted by Gasteiger charge is 2.38. The summed E-state index contributed by atoms with van der Waals surface area (Å²) < 4.78 is 33.1. The minimum absolute atomic E-state index is 0. The van der Waals surface area contributed by atoms with Gasteiger partial charge in [-0.3, -0.25) is 0 Å². The first-order valence-corrected chi connectivity index (χ1v) is 10.4. The highest BCUT2D eigenvalue weighted by atomic mass is 35.5. The fraction of sp³-hybridized carbons (Fsp3) is 0.600. The molecule has 2 aromatic rings. The lowest BCUT2D eigenvalue weighted by Gasteiger charge is -2.31. The minimum atomic E-state index is -3.52. The zero-order chi connectivity index (χ0) is 17.2. The molecule has 1 aliphatic rings. The van der Waals surface area contributed by atoms with Gasteiger partial charge in [-0.2, -0.15) is 9.29 Å². The van der Waals surface area contributed by atoms with Crippen molar-refractivity contribution in [2.24, 2.45) is 0 Å². The molecular formula is C15H23ClN4O3S2. The van der Waals surface area contributed by atoms with Crippen molar-refractivity contribution in [3.8, 4) is 0 Å². The maximum absolute atomic E-state index is 12.9. The lowest BCUT2D eigenvalue weighted by atomic mass is 10.1. The van der Waals surface area contributed by atoms with E-state index in [4.69, 9.17) is 4.52 Å². The zero-order valence-electron chi connectivity index (χ0n) is 14.2. The summed E-state index contributed by atoms with van der Waals surface area (Å²) in [6.45, 7) is 2.51. The number of nitrogens with one attached hydrogen (secondary N) is 1. The molecule has 0 aliphatic carbocycles. The van der Waals surface area contributed by atoms with Gasteiger partial charge in [0.2, 0.25) is 5.89 Å². The minimum Gasteiger partial charge on any atom is -0.338 e. The summed E-state index contributed by atoms with van der Waals surface area (Å²) in [7, 11) is -1.65. The maximum Gasteiger partial charge on any atom is 0.253 e. The van der Waals surface area contributed by atoms with Gasteiger partial charge < -0.3 is 9.84 Å². The van der Waals surface area contributed by atoms with Crippen LogP contribution in [0.4, 0.5) is 0 Å². The van der Waals surface area contributed by atoms with Gasteiger partial charge >= 0.3 is 0 Å². The summed E-state index contributed by atoms with van der Waals surface area (Å²) in [5.74, 6) is 0.999. The van der Waals surface area contributed by atoms with Crippen LogP contribution in [0.2, 0.25) is 0 Å². The first-order chi connectivity index (χ1) is 11.5. The van der Waals surface area contributed by atoms with Crippen LogP contribution in [-0.2, 0) is 16.4 Å². The Balaban J connectivity index is 0.00000225. The van der Waals surface area contributed by atoms with E-state index < -0.39 is 10.0 Å². The van der Waals surface area contributed by atoms with E-state index in [1.807, 2.05) is 14.0 Å². The Morgan fingerprint density at radius 2 is 2.28 bits per heavy atom. The monoisotopic (exact) mass is 406 g/mol. The van der Waals surface area contributed by atoms with Crippen molar-refractivity contribution in [2.45, 2.75) is 48.9 Å². The fourth-order valence-electron chi connectivity index (χ4n) is 2.83. The molecule has 1 saturated heterocycles. The van der Waals surface area contributed by atoms with E-state index in [1.165, 1.54) is 15.6 Å². The second-order valence-corrected chi connectivity index (χ2v) is 9.07. The Bertz CT molecular complexity index is 764. The predicted molar refractivity (Wildman–Crippen MR) is 98.6 cm³/mol. The Morgan fingerprint density at radius 3 is 2.96 bits per heavy atom. The molecule has 10 heteroatoms. The van der Waals surface area contributed by atoms with Crippen LogP contribution in [0, 0.1) is 0 Å². The molecule has 7 nitrogen and oxygen atoms in total. The number of hydrogen-bond acceptors (Lipinski definition) is 7. The summed E-state index contributed by atoms with van der Waals surface area (Å²) in [4.78, 5) is 4.45. The third-order valence-electron chi connectivity index (χ3n) is 4.26. The average molecular weight is 407 g/mol. The van der Waals surface area contributed by atoms with Gasteiger partial charge in [0.05, 0.1) is 0 Å². The van der Waals surface area contributed by atoms with Crippen LogP contribution in [0.5, 0.6) is 0 Å². The quantitative estimate of drug-likeness (QED) is 0.793. The molecule has 0 radical (unpaired) electrons. The van der Waals surface area contributed by atoms with Crippen LogP contribution >= 0.6 is 23.7 Å². The number of aromatic nitrogens is 2. The molecule has 0 amide bonds. The highest BCUT2D eigenvalue weighted by molar-refractivity contribution is 7.91. The topological polar surface area (TPSA) is 88.3 Å². The van der Waals surface area contributed by atoms with Crippen molar-refractivity contribution in [2.75, 3.05) is 13.6 Å². The molecule has 0 spiro atoms. The second kappa shape index (κ2) is 8.59. The van der Waals surface area contributed by atoms with E-state index in [0.29, 0.717) is 35.3 Å². The van der Waals surface area contributed by atoms with Gasteiger partial charge in [0.15, 0.2) is 5.82 Å². The molecule has 1 fully saturated rings. The van der Waals surface area contributed by atoms with Crippen LogP contribution in [0.3, 0.4) is 0 Å². The molecule has 3 heterocycles. The van der Waals surface area contributed by atoms with Gasteiger partial charge in [-0.05, 0) is 38.3 Å². The molecule has 2 aromatic heterocycles. The SMILES string of the molecule is CNC(C)Cc1noc(C2CCCCN2S(=O)(=O)c2cccs2)n1.Cl. The molecule has 0 saturated carbocycles. The van der Waals surface area contributed by atoms with Crippen LogP contribution in [-0.4, -0.2) is 42.5 Å². The van der Waals surface area contributed by atoms with Crippen molar-refractivity contribution in [1.82, 2.24) is 19.8 Å². The largest absolute Gasteiger partial charge is 0.338 e. The summed E-state index contributed by atoms with van der Waals surface area (Å²) >= 11 is 1.23. The summed E-state index contributed by atoms with van der Waals surface area (Å²) in [6, 6.07) is 3.24. The van der Waals surface area contributed by atoms with Crippen molar-refractivity contribution in [1.29, 1.82) is 0 Å². The Kier molecular flexibility index (Phi) is 6.98. The lowest BCUT2D eigenvalue weighted by molar-refractivity contribution is 0.204. The molecule has 1 N–H and O–H groups in total. The van der Waals surface area contributed by atoms with E-state index in [0.717, 1.165) is 12.8 Å². The fourth-order valence-corrected chi connectivity index (χ4v) is 5.60. The average Bonchev–Trinajstić information content (AvgIpc) is 3.27. The van der Waals surface area contributed by atoms with Gasteiger partial charge in [-0.25, -0.2) is 8.42 Å². The first kappa shape index (κ1) is 20.3. The van der Waals surface area contributed by atoms with Gasteiger partial charge in [0.25, 0.3) is 10.0 Å². The third-order valence-corrected chi connectivity index (χ3v) is 7.54. The number of thiophene rings is 1. The number of halogens is 1. The highest BCUT2D eigenvalue weighted by Crippen LogP contribution is 2.35. The second-order valence-electron chi connectivity index (χ2n) is 6.00. The summed E-state index contributed by atoms with van der Waals surface area (Å²) in [6.07, 6.45) is 3.14. The number of hydrogen-bond donors (Lipinski definition) is 1. The van der Waals surface area contributed by atoms with Crippen LogP contribution in [0.1, 0.15) is 43.9 Å².